The number of hydrogen-bond donors (Lipinski definition) is 0. The molecule has 0 fully saturated rings. The Morgan fingerprint density at radius 2 is 1.42 bits per heavy atom. The number of carbonyl (C=O) groups excluding carboxylic acids is 1. The Morgan fingerprint density at radius 1 is 0.846 bits per heavy atom. The molecule has 4 heteroatoms. The summed E-state index contributed by atoms with van der Waals surface area (Å²) in [6.07, 6.45) is 0. The highest BCUT2D eigenvalue weighted by molar-refractivity contribution is 5.82. The van der Waals surface area contributed by atoms with Crippen molar-refractivity contribution in [1.82, 2.24) is 4.98 Å². The molecule has 0 radical (unpaired) electrons. The minimum Gasteiger partial charge on any atom is -0.455 e. The standard InChI is InChI=1S/C22H17NO3/c24-22(25-15-20-23-18-13-7-8-14-19(18)26-20)21(16-9-3-1-4-10-16)17-11-5-2-6-12-17/h1-14,21H,15H2. The molecule has 0 atom stereocenters. The normalized spacial score (nSPS) is 11.0. The zero-order valence-electron chi connectivity index (χ0n) is 14.0. The monoisotopic (exact) mass is 343 g/mol. The number of fused-ring (bicyclic) bond motifs is 1. The molecule has 4 aromatic rings. The first-order chi connectivity index (χ1) is 12.8. The van der Waals surface area contributed by atoms with Crippen LogP contribution in [0.25, 0.3) is 11.1 Å². The number of para-hydroxylation sites is 2. The van der Waals surface area contributed by atoms with E-state index in [1.54, 1.807) is 0 Å². The minimum absolute atomic E-state index is 0.00365. The molecule has 0 saturated heterocycles. The predicted octanol–water partition coefficient (Wildman–Crippen LogP) is 4.70. The summed E-state index contributed by atoms with van der Waals surface area (Å²) >= 11 is 0. The predicted molar refractivity (Wildman–Crippen MR) is 98.5 cm³/mol. The van der Waals surface area contributed by atoms with Gasteiger partial charge in [0.1, 0.15) is 11.4 Å². The lowest BCUT2D eigenvalue weighted by atomic mass is 9.91. The Morgan fingerprint density at radius 3 is 2.04 bits per heavy atom. The van der Waals surface area contributed by atoms with E-state index in [2.05, 4.69) is 4.98 Å². The quantitative estimate of drug-likeness (QED) is 0.493. The molecule has 0 aliphatic heterocycles. The van der Waals surface area contributed by atoms with E-state index in [1.807, 2.05) is 84.9 Å². The van der Waals surface area contributed by atoms with Crippen LogP contribution >= 0.6 is 0 Å². The number of aromatic nitrogens is 1. The van der Waals surface area contributed by atoms with Crippen molar-refractivity contribution in [2.24, 2.45) is 0 Å². The molecule has 0 amide bonds. The smallest absolute Gasteiger partial charge is 0.318 e. The molecular formula is C22H17NO3. The van der Waals surface area contributed by atoms with Crippen LogP contribution in [0.15, 0.2) is 89.3 Å². The Bertz CT molecular complexity index is 937. The third kappa shape index (κ3) is 3.35. The third-order valence-corrected chi connectivity index (χ3v) is 4.18. The number of ether oxygens (including phenoxy) is 1. The number of nitrogens with zero attached hydrogens (tertiary/aromatic N) is 1. The average Bonchev–Trinajstić information content (AvgIpc) is 3.11. The molecule has 128 valence electrons. The van der Waals surface area contributed by atoms with Crippen molar-refractivity contribution in [2.75, 3.05) is 0 Å². The molecule has 4 rings (SSSR count). The number of hydrogen-bond acceptors (Lipinski definition) is 4. The van der Waals surface area contributed by atoms with Gasteiger partial charge in [0.05, 0.1) is 0 Å². The maximum Gasteiger partial charge on any atom is 0.318 e. The molecule has 0 spiro atoms. The van der Waals surface area contributed by atoms with Gasteiger partial charge in [-0.25, -0.2) is 4.98 Å². The number of rotatable bonds is 5. The Balaban J connectivity index is 1.56. The molecule has 4 nitrogen and oxygen atoms in total. The summed E-state index contributed by atoms with van der Waals surface area (Å²) in [5.74, 6) is -0.425. The number of carbonyl (C=O) groups is 1. The van der Waals surface area contributed by atoms with Crippen LogP contribution < -0.4 is 0 Å². The van der Waals surface area contributed by atoms with Crippen molar-refractivity contribution in [1.29, 1.82) is 0 Å². The van der Waals surface area contributed by atoms with Crippen LogP contribution in [0.2, 0.25) is 0 Å². The molecule has 0 bridgehead atoms. The van der Waals surface area contributed by atoms with Gasteiger partial charge in [-0.3, -0.25) is 4.79 Å². The van der Waals surface area contributed by atoms with Gasteiger partial charge < -0.3 is 9.15 Å². The second-order valence-electron chi connectivity index (χ2n) is 5.94. The van der Waals surface area contributed by atoms with Crippen LogP contribution in [0.1, 0.15) is 22.9 Å². The first kappa shape index (κ1) is 16.1. The summed E-state index contributed by atoms with van der Waals surface area (Å²) < 4.78 is 11.2. The SMILES string of the molecule is O=C(OCc1nc2ccccc2o1)C(c1ccccc1)c1ccccc1. The van der Waals surface area contributed by atoms with E-state index in [0.29, 0.717) is 11.5 Å². The Labute approximate surface area is 151 Å². The largest absolute Gasteiger partial charge is 0.455 e. The fourth-order valence-electron chi connectivity index (χ4n) is 2.95. The molecule has 26 heavy (non-hydrogen) atoms. The van der Waals surface area contributed by atoms with Gasteiger partial charge in [-0.1, -0.05) is 72.8 Å². The lowest BCUT2D eigenvalue weighted by Crippen LogP contribution is -2.17. The molecule has 0 saturated carbocycles. The van der Waals surface area contributed by atoms with Gasteiger partial charge in [-0.2, -0.15) is 0 Å². The van der Waals surface area contributed by atoms with E-state index in [4.69, 9.17) is 9.15 Å². The average molecular weight is 343 g/mol. The van der Waals surface area contributed by atoms with Crippen molar-refractivity contribution in [3.8, 4) is 0 Å². The van der Waals surface area contributed by atoms with Crippen LogP contribution in [0.5, 0.6) is 0 Å². The Kier molecular flexibility index (Phi) is 4.48. The third-order valence-electron chi connectivity index (χ3n) is 4.18. The summed E-state index contributed by atoms with van der Waals surface area (Å²) in [6.45, 7) is 0.00365. The van der Waals surface area contributed by atoms with Gasteiger partial charge in [0.15, 0.2) is 12.2 Å². The summed E-state index contributed by atoms with van der Waals surface area (Å²) in [5, 5.41) is 0. The van der Waals surface area contributed by atoms with Crippen molar-refractivity contribution >= 4 is 17.1 Å². The van der Waals surface area contributed by atoms with E-state index in [-0.39, 0.29) is 12.6 Å². The van der Waals surface area contributed by atoms with Crippen molar-refractivity contribution in [3.05, 3.63) is 102 Å². The number of oxazole rings is 1. The zero-order chi connectivity index (χ0) is 17.8. The second kappa shape index (κ2) is 7.23. The van der Waals surface area contributed by atoms with Crippen molar-refractivity contribution in [3.63, 3.8) is 0 Å². The van der Waals surface area contributed by atoms with Gasteiger partial charge in [-0.05, 0) is 23.3 Å². The van der Waals surface area contributed by atoms with E-state index >= 15 is 0 Å². The van der Waals surface area contributed by atoms with Gasteiger partial charge in [0.2, 0.25) is 5.89 Å². The van der Waals surface area contributed by atoms with E-state index in [9.17, 15) is 4.79 Å². The lowest BCUT2D eigenvalue weighted by molar-refractivity contribution is -0.146. The van der Waals surface area contributed by atoms with Crippen LogP contribution in [0, 0.1) is 0 Å². The van der Waals surface area contributed by atoms with Gasteiger partial charge >= 0.3 is 5.97 Å². The minimum atomic E-state index is -0.484. The van der Waals surface area contributed by atoms with Gasteiger partial charge in [-0.15, -0.1) is 0 Å². The summed E-state index contributed by atoms with van der Waals surface area (Å²) in [4.78, 5) is 17.2. The maximum absolute atomic E-state index is 12.8. The van der Waals surface area contributed by atoms with Crippen LogP contribution in [-0.4, -0.2) is 11.0 Å². The highest BCUT2D eigenvalue weighted by atomic mass is 16.5. The van der Waals surface area contributed by atoms with Gasteiger partial charge in [0, 0.05) is 0 Å². The molecular weight excluding hydrogens is 326 g/mol. The molecule has 0 aliphatic carbocycles. The molecule has 0 N–H and O–H groups in total. The van der Waals surface area contributed by atoms with Crippen LogP contribution in [0.3, 0.4) is 0 Å². The van der Waals surface area contributed by atoms with E-state index < -0.39 is 5.92 Å². The second-order valence-corrected chi connectivity index (χ2v) is 5.94. The summed E-state index contributed by atoms with van der Waals surface area (Å²) in [5.41, 5.74) is 3.21. The highest BCUT2D eigenvalue weighted by Crippen LogP contribution is 2.26. The van der Waals surface area contributed by atoms with Crippen molar-refractivity contribution < 1.29 is 13.9 Å². The lowest BCUT2D eigenvalue weighted by Gasteiger charge is -2.16. The molecule has 1 aromatic heterocycles. The molecule has 1 heterocycles. The number of esters is 1. The molecule has 0 aliphatic rings. The molecule has 3 aromatic carbocycles. The van der Waals surface area contributed by atoms with E-state index in [0.717, 1.165) is 16.6 Å². The van der Waals surface area contributed by atoms with Crippen LogP contribution in [-0.2, 0) is 16.1 Å². The van der Waals surface area contributed by atoms with E-state index in [1.165, 1.54) is 0 Å². The highest BCUT2D eigenvalue weighted by Gasteiger charge is 2.24. The first-order valence-corrected chi connectivity index (χ1v) is 8.42. The Hall–Kier alpha value is -3.40. The first-order valence-electron chi connectivity index (χ1n) is 8.42. The molecule has 0 unspecified atom stereocenters. The van der Waals surface area contributed by atoms with Gasteiger partial charge in [0.25, 0.3) is 0 Å². The summed E-state index contributed by atoms with van der Waals surface area (Å²) in [7, 11) is 0. The van der Waals surface area contributed by atoms with Crippen molar-refractivity contribution in [2.45, 2.75) is 12.5 Å². The fraction of sp³-hybridized carbons (Fsp3) is 0.0909. The maximum atomic E-state index is 12.8. The fourth-order valence-corrected chi connectivity index (χ4v) is 2.95. The summed E-state index contributed by atoms with van der Waals surface area (Å²) in [6, 6.07) is 26.7. The van der Waals surface area contributed by atoms with Crippen LogP contribution in [0.4, 0.5) is 0 Å². The topological polar surface area (TPSA) is 52.3 Å². The zero-order valence-corrected chi connectivity index (χ0v) is 14.0. The number of benzene rings is 3.